The van der Waals surface area contributed by atoms with Crippen LogP contribution in [-0.4, -0.2) is 39.8 Å². The summed E-state index contributed by atoms with van der Waals surface area (Å²) in [7, 11) is 4.51. The van der Waals surface area contributed by atoms with Crippen LogP contribution in [0.3, 0.4) is 0 Å². The van der Waals surface area contributed by atoms with E-state index in [0.717, 1.165) is 12.0 Å². The van der Waals surface area contributed by atoms with Gasteiger partial charge in [0, 0.05) is 16.7 Å². The van der Waals surface area contributed by atoms with Crippen molar-refractivity contribution in [3.63, 3.8) is 0 Å². The molecule has 0 aliphatic heterocycles. The number of amides is 2. The number of benzene rings is 2. The van der Waals surface area contributed by atoms with Crippen molar-refractivity contribution in [3.8, 4) is 23.0 Å². The minimum atomic E-state index is -0.505. The fraction of sp³-hybridized carbons (Fsp3) is 0.304. The first-order valence-corrected chi connectivity index (χ1v) is 9.76. The number of methoxy groups -OCH3 is 3. The second-order valence-electron chi connectivity index (χ2n) is 6.49. The van der Waals surface area contributed by atoms with Crippen molar-refractivity contribution in [2.75, 3.05) is 27.9 Å². The summed E-state index contributed by atoms with van der Waals surface area (Å²) in [5.41, 5.74) is 6.16. The van der Waals surface area contributed by atoms with Crippen LogP contribution in [-0.2, 0) is 6.42 Å². The van der Waals surface area contributed by atoms with Crippen LogP contribution in [0.25, 0.3) is 0 Å². The van der Waals surface area contributed by atoms with E-state index < -0.39 is 11.8 Å². The Kier molecular flexibility index (Phi) is 8.75. The molecule has 2 rings (SSSR count). The summed E-state index contributed by atoms with van der Waals surface area (Å²) in [5.74, 6) is 0.910. The van der Waals surface area contributed by atoms with Gasteiger partial charge < -0.3 is 18.9 Å². The summed E-state index contributed by atoms with van der Waals surface area (Å²) in [5, 5.41) is 0. The van der Waals surface area contributed by atoms with Crippen molar-refractivity contribution in [2.45, 2.75) is 19.8 Å². The lowest BCUT2D eigenvalue weighted by atomic mass is 10.1. The highest BCUT2D eigenvalue weighted by atomic mass is 16.5. The first kappa shape index (κ1) is 23.6. The molecule has 0 bridgehead atoms. The van der Waals surface area contributed by atoms with E-state index in [-0.39, 0.29) is 0 Å². The van der Waals surface area contributed by atoms with E-state index in [0.29, 0.717) is 47.2 Å². The van der Waals surface area contributed by atoms with Crippen molar-refractivity contribution in [1.82, 2.24) is 10.9 Å². The number of allylic oxidation sites excluding steroid dienone is 1. The third kappa shape index (κ3) is 5.91. The van der Waals surface area contributed by atoms with Crippen molar-refractivity contribution in [3.05, 3.63) is 59.7 Å². The summed E-state index contributed by atoms with van der Waals surface area (Å²) >= 11 is 0. The Labute approximate surface area is 182 Å². The van der Waals surface area contributed by atoms with E-state index in [1.807, 2.05) is 6.92 Å². The monoisotopic (exact) mass is 428 g/mol. The first-order chi connectivity index (χ1) is 15.0. The largest absolute Gasteiger partial charge is 0.493 e. The third-order valence-corrected chi connectivity index (χ3v) is 4.36. The molecule has 0 spiro atoms. The molecule has 2 aromatic carbocycles. The SMILES string of the molecule is C=CCc1cc(C(=O)NNC(=O)c2ccc(OCCC)c(OC)c2)cc(OC)c1OC. The summed E-state index contributed by atoms with van der Waals surface area (Å²) in [6.07, 6.45) is 3.03. The lowest BCUT2D eigenvalue weighted by Gasteiger charge is -2.15. The lowest BCUT2D eigenvalue weighted by molar-refractivity contribution is 0.0846. The van der Waals surface area contributed by atoms with Gasteiger partial charge in [-0.05, 0) is 43.2 Å². The molecule has 0 fully saturated rings. The number of hydrazine groups is 1. The fourth-order valence-corrected chi connectivity index (χ4v) is 2.88. The zero-order valence-corrected chi connectivity index (χ0v) is 18.2. The van der Waals surface area contributed by atoms with Crippen LogP contribution < -0.4 is 29.8 Å². The molecular formula is C23H28N2O6. The van der Waals surface area contributed by atoms with Gasteiger partial charge in [0.15, 0.2) is 23.0 Å². The molecule has 8 heteroatoms. The Bertz CT molecular complexity index is 942. The normalized spacial score (nSPS) is 10.1. The quantitative estimate of drug-likeness (QED) is 0.445. The molecular weight excluding hydrogens is 400 g/mol. The molecule has 0 radical (unpaired) electrons. The highest BCUT2D eigenvalue weighted by Gasteiger charge is 2.17. The van der Waals surface area contributed by atoms with Crippen molar-refractivity contribution in [2.24, 2.45) is 0 Å². The molecule has 0 aliphatic rings. The molecule has 0 atom stereocenters. The Morgan fingerprint density at radius 2 is 1.55 bits per heavy atom. The zero-order chi connectivity index (χ0) is 22.8. The molecule has 0 saturated carbocycles. The molecule has 0 heterocycles. The average molecular weight is 428 g/mol. The standard InChI is InChI=1S/C23H28N2O6/c1-6-8-15-12-17(14-20(29-4)21(15)30-5)23(27)25-24-22(26)16-9-10-18(31-11-7-2)19(13-16)28-3/h6,9-10,12-14H,1,7-8,11H2,2-5H3,(H,24,26)(H,25,27). The highest BCUT2D eigenvalue weighted by molar-refractivity contribution is 5.99. The fourth-order valence-electron chi connectivity index (χ4n) is 2.88. The zero-order valence-electron chi connectivity index (χ0n) is 18.2. The maximum atomic E-state index is 12.6. The summed E-state index contributed by atoms with van der Waals surface area (Å²) in [6.45, 7) is 6.25. The number of carbonyl (C=O) groups excluding carboxylic acids is 2. The van der Waals surface area contributed by atoms with Gasteiger partial charge in [-0.2, -0.15) is 0 Å². The van der Waals surface area contributed by atoms with Gasteiger partial charge in [-0.1, -0.05) is 13.0 Å². The van der Waals surface area contributed by atoms with E-state index >= 15 is 0 Å². The van der Waals surface area contributed by atoms with Gasteiger partial charge in [0.25, 0.3) is 11.8 Å². The van der Waals surface area contributed by atoms with Crippen LogP contribution in [0.1, 0.15) is 39.6 Å². The van der Waals surface area contributed by atoms with Crippen molar-refractivity contribution < 1.29 is 28.5 Å². The van der Waals surface area contributed by atoms with Crippen molar-refractivity contribution in [1.29, 1.82) is 0 Å². The van der Waals surface area contributed by atoms with Gasteiger partial charge in [0.2, 0.25) is 0 Å². The van der Waals surface area contributed by atoms with Gasteiger partial charge in [-0.3, -0.25) is 20.4 Å². The Morgan fingerprint density at radius 3 is 2.13 bits per heavy atom. The van der Waals surface area contributed by atoms with Crippen LogP contribution in [0, 0.1) is 0 Å². The van der Waals surface area contributed by atoms with Gasteiger partial charge in [0.1, 0.15) is 0 Å². The predicted molar refractivity (Wildman–Crippen MR) is 117 cm³/mol. The second-order valence-corrected chi connectivity index (χ2v) is 6.49. The molecule has 0 saturated heterocycles. The molecule has 2 N–H and O–H groups in total. The molecule has 0 aliphatic carbocycles. The van der Waals surface area contributed by atoms with E-state index in [1.165, 1.54) is 27.4 Å². The number of carbonyl (C=O) groups is 2. The predicted octanol–water partition coefficient (Wildman–Crippen LogP) is 3.30. The minimum Gasteiger partial charge on any atom is -0.493 e. The maximum Gasteiger partial charge on any atom is 0.269 e. The van der Waals surface area contributed by atoms with E-state index in [9.17, 15) is 9.59 Å². The van der Waals surface area contributed by atoms with Crippen LogP contribution in [0.2, 0.25) is 0 Å². The first-order valence-electron chi connectivity index (χ1n) is 9.76. The number of hydrogen-bond donors (Lipinski definition) is 2. The van der Waals surface area contributed by atoms with Gasteiger partial charge >= 0.3 is 0 Å². The van der Waals surface area contributed by atoms with E-state index in [2.05, 4.69) is 17.4 Å². The molecule has 0 aromatic heterocycles. The smallest absolute Gasteiger partial charge is 0.269 e. The Morgan fingerprint density at radius 1 is 0.903 bits per heavy atom. The van der Waals surface area contributed by atoms with Crippen molar-refractivity contribution >= 4 is 11.8 Å². The molecule has 166 valence electrons. The van der Waals surface area contributed by atoms with E-state index in [1.54, 1.807) is 30.3 Å². The summed E-state index contributed by atoms with van der Waals surface area (Å²) in [4.78, 5) is 25.1. The number of nitrogens with one attached hydrogen (secondary N) is 2. The molecule has 2 amide bonds. The number of rotatable bonds is 10. The maximum absolute atomic E-state index is 12.6. The van der Waals surface area contributed by atoms with Gasteiger partial charge in [0.05, 0.1) is 27.9 Å². The lowest BCUT2D eigenvalue weighted by Crippen LogP contribution is -2.41. The van der Waals surface area contributed by atoms with Crippen LogP contribution in [0.15, 0.2) is 43.0 Å². The summed E-state index contributed by atoms with van der Waals surface area (Å²) in [6, 6.07) is 7.99. The molecule has 8 nitrogen and oxygen atoms in total. The summed E-state index contributed by atoms with van der Waals surface area (Å²) < 4.78 is 21.6. The van der Waals surface area contributed by atoms with Crippen LogP contribution in [0.5, 0.6) is 23.0 Å². The topological polar surface area (TPSA) is 95.1 Å². The second kappa shape index (κ2) is 11.5. The molecule has 31 heavy (non-hydrogen) atoms. The molecule has 2 aromatic rings. The minimum absolute atomic E-state index is 0.302. The van der Waals surface area contributed by atoms with Gasteiger partial charge in [-0.25, -0.2) is 0 Å². The Balaban J connectivity index is 2.14. The van der Waals surface area contributed by atoms with Gasteiger partial charge in [-0.15, -0.1) is 6.58 Å². The van der Waals surface area contributed by atoms with Crippen LogP contribution in [0.4, 0.5) is 0 Å². The molecule has 0 unspecified atom stereocenters. The average Bonchev–Trinajstić information content (AvgIpc) is 2.80. The Hall–Kier alpha value is -3.68. The number of hydrogen-bond acceptors (Lipinski definition) is 6. The third-order valence-electron chi connectivity index (χ3n) is 4.36. The highest BCUT2D eigenvalue weighted by Crippen LogP contribution is 2.33. The van der Waals surface area contributed by atoms with Crippen LogP contribution >= 0.6 is 0 Å². The number of ether oxygens (including phenoxy) is 4. The van der Waals surface area contributed by atoms with E-state index in [4.69, 9.17) is 18.9 Å².